The zero-order valence-electron chi connectivity index (χ0n) is 27.2. The van der Waals surface area contributed by atoms with Crippen LogP contribution < -0.4 is 20.1 Å². The van der Waals surface area contributed by atoms with Crippen LogP contribution in [-0.4, -0.2) is 102 Å². The van der Waals surface area contributed by atoms with Crippen LogP contribution in [0.5, 0.6) is 0 Å². The number of fused-ring (bicyclic) bond motifs is 1. The van der Waals surface area contributed by atoms with E-state index in [0.29, 0.717) is 32.2 Å². The summed E-state index contributed by atoms with van der Waals surface area (Å²) in [6.45, 7) is 6.19. The number of amides is 5. The molecule has 0 saturated carbocycles. The van der Waals surface area contributed by atoms with Crippen molar-refractivity contribution in [2.75, 3.05) is 31.5 Å². The second kappa shape index (κ2) is 14.7. The Morgan fingerprint density at radius 2 is 1.56 bits per heavy atom. The second-order valence-electron chi connectivity index (χ2n) is 13.1. The van der Waals surface area contributed by atoms with E-state index in [1.165, 1.54) is 33.3 Å². The summed E-state index contributed by atoms with van der Waals surface area (Å²) in [4.78, 5) is 62.2. The van der Waals surface area contributed by atoms with Crippen molar-refractivity contribution in [2.45, 2.75) is 83.1 Å². The maximum absolute atomic E-state index is 13.1. The number of benzene rings is 1. The molecule has 2 fully saturated rings. The van der Waals surface area contributed by atoms with Crippen molar-refractivity contribution >= 4 is 40.2 Å². The van der Waals surface area contributed by atoms with Crippen molar-refractivity contribution in [2.24, 2.45) is 0 Å². The lowest BCUT2D eigenvalue weighted by molar-refractivity contribution is -0.000302. The Morgan fingerprint density at radius 3 is 2.23 bits per heavy atom. The monoisotopic (exact) mass is 686 g/mol. The molecule has 1 unspecified atom stereocenters. The molecular weight excluding hydrogens is 644 g/mol. The zero-order chi connectivity index (χ0) is 34.5. The molecule has 4 N–H and O–H groups in total. The van der Waals surface area contributed by atoms with Gasteiger partial charge >= 0.3 is 28.4 Å². The fourth-order valence-electron chi connectivity index (χ4n) is 5.95. The number of carbonyl (C=O) groups is 4. The van der Waals surface area contributed by atoms with Gasteiger partial charge in [0.1, 0.15) is 11.7 Å². The second-order valence-corrected chi connectivity index (χ2v) is 14.6. The van der Waals surface area contributed by atoms with Gasteiger partial charge < -0.3 is 24.6 Å². The molecule has 0 spiro atoms. The van der Waals surface area contributed by atoms with Crippen LogP contribution in [-0.2, 0) is 32.5 Å². The summed E-state index contributed by atoms with van der Waals surface area (Å²) in [5.74, 6) is -0.424. The fourth-order valence-corrected chi connectivity index (χ4v) is 6.95. The van der Waals surface area contributed by atoms with E-state index < -0.39 is 52.1 Å². The number of piperidine rings is 2. The molecule has 2 aromatic rings. The molecule has 2 aliphatic heterocycles. The number of urea groups is 1. The Balaban J connectivity index is 1.06. The van der Waals surface area contributed by atoms with Crippen molar-refractivity contribution < 1.29 is 37.1 Å². The number of anilines is 1. The summed E-state index contributed by atoms with van der Waals surface area (Å²) < 4.78 is 40.3. The zero-order valence-corrected chi connectivity index (χ0v) is 28.0. The molecule has 260 valence electrons. The highest BCUT2D eigenvalue weighted by molar-refractivity contribution is 7.88. The first-order valence-corrected chi connectivity index (χ1v) is 17.5. The van der Waals surface area contributed by atoms with Crippen molar-refractivity contribution in [3.05, 3.63) is 53.5 Å². The molecule has 48 heavy (non-hydrogen) atoms. The maximum Gasteiger partial charge on any atom is 0.422 e. The number of nitrogens with zero attached hydrogens (tertiary/aromatic N) is 4. The van der Waals surface area contributed by atoms with Gasteiger partial charge in [0.15, 0.2) is 11.5 Å². The lowest BCUT2D eigenvalue weighted by atomic mass is 10.1. The van der Waals surface area contributed by atoms with E-state index in [1.54, 1.807) is 20.8 Å². The summed E-state index contributed by atoms with van der Waals surface area (Å²) in [7, 11) is -4.28. The van der Waals surface area contributed by atoms with E-state index >= 15 is 0 Å². The first-order valence-electron chi connectivity index (χ1n) is 16.0. The lowest BCUT2D eigenvalue weighted by Gasteiger charge is -2.34. The summed E-state index contributed by atoms with van der Waals surface area (Å²) in [5.41, 5.74) is 1.69. The highest BCUT2D eigenvalue weighted by atomic mass is 32.2. The quantitative estimate of drug-likeness (QED) is 0.335. The average molecular weight is 687 g/mol. The Morgan fingerprint density at radius 1 is 0.896 bits per heavy atom. The van der Waals surface area contributed by atoms with E-state index in [1.807, 2.05) is 29.0 Å². The van der Waals surface area contributed by atoms with Crippen LogP contribution in [0, 0.1) is 0 Å². The van der Waals surface area contributed by atoms with Gasteiger partial charge in [0.25, 0.3) is 5.91 Å². The predicted octanol–water partition coefficient (Wildman–Crippen LogP) is 2.33. The van der Waals surface area contributed by atoms with Crippen molar-refractivity contribution in [3.8, 4) is 0 Å². The largest absolute Gasteiger partial charge is 0.444 e. The van der Waals surface area contributed by atoms with Crippen LogP contribution in [0.2, 0.25) is 0 Å². The van der Waals surface area contributed by atoms with Gasteiger partial charge in [-0.2, -0.15) is 13.1 Å². The Hall–Kier alpha value is -4.51. The molecule has 1 aromatic carbocycles. The molecule has 1 aliphatic carbocycles. The molecule has 1 aromatic heterocycles. The third-order valence-corrected chi connectivity index (χ3v) is 9.23. The van der Waals surface area contributed by atoms with Gasteiger partial charge in [0, 0.05) is 44.1 Å². The van der Waals surface area contributed by atoms with E-state index in [2.05, 4.69) is 25.3 Å². The number of aromatic nitrogens is 2. The Labute approximate surface area is 279 Å². The normalized spacial score (nSPS) is 18.9. The van der Waals surface area contributed by atoms with Gasteiger partial charge in [-0.05, 0) is 70.4 Å². The summed E-state index contributed by atoms with van der Waals surface area (Å²) in [6, 6.07) is 6.85. The highest BCUT2D eigenvalue weighted by Gasteiger charge is 2.32. The minimum Gasteiger partial charge on any atom is -0.444 e. The smallest absolute Gasteiger partial charge is 0.422 e. The number of nitrogens with one attached hydrogen (secondary N) is 4. The topological polar surface area (TPSA) is 201 Å². The van der Waals surface area contributed by atoms with Crippen LogP contribution in [0.1, 0.15) is 68.1 Å². The van der Waals surface area contributed by atoms with E-state index in [-0.39, 0.29) is 50.0 Å². The number of hydrogen-bond acceptors (Lipinski definition) is 10. The SMILES string of the molecule is CC(C)(C)OC(=O)N1CCCC(OC(=O)NS(=O)(=O)NC2CCN(C(=O)Nc3nccnc3C(=O)NC3Cc4ccccc4C3)CC2)C1. The fraction of sp³-hybridized carbons (Fsp3) is 0.548. The van der Waals surface area contributed by atoms with E-state index in [4.69, 9.17) is 9.47 Å². The molecule has 5 rings (SSSR count). The van der Waals surface area contributed by atoms with Crippen molar-refractivity contribution in [3.63, 3.8) is 0 Å². The lowest BCUT2D eigenvalue weighted by Crippen LogP contribution is -2.52. The third-order valence-electron chi connectivity index (χ3n) is 8.15. The van der Waals surface area contributed by atoms with Gasteiger partial charge in [-0.25, -0.2) is 29.1 Å². The van der Waals surface area contributed by atoms with Gasteiger partial charge in [0.05, 0.1) is 6.54 Å². The predicted molar refractivity (Wildman–Crippen MR) is 173 cm³/mol. The summed E-state index contributed by atoms with van der Waals surface area (Å²) >= 11 is 0. The first kappa shape index (κ1) is 34.8. The molecule has 2 saturated heterocycles. The number of likely N-dealkylation sites (tertiary alicyclic amines) is 2. The van der Waals surface area contributed by atoms with Gasteiger partial charge in [-0.15, -0.1) is 0 Å². The standard InChI is InChI=1S/C31H42N8O8S/c1-31(2,3)47-30(43)39-14-6-9-24(19-39)46-29(42)37-48(44,45)36-22-10-15-38(16-11-22)28(41)35-26-25(32-12-13-33-26)27(40)34-23-17-20-7-4-5-8-21(20)18-23/h4-5,7-8,12-13,22-24,36H,6,9-11,14-19H2,1-3H3,(H,34,40)(H,37,42)(H,33,35,41). The molecular formula is C31H42N8O8S. The highest BCUT2D eigenvalue weighted by Crippen LogP contribution is 2.23. The molecule has 17 heteroatoms. The summed E-state index contributed by atoms with van der Waals surface area (Å²) in [6.07, 6.45) is 3.36. The van der Waals surface area contributed by atoms with Gasteiger partial charge in [-0.1, -0.05) is 24.3 Å². The molecule has 5 amide bonds. The van der Waals surface area contributed by atoms with Gasteiger partial charge in [-0.3, -0.25) is 10.1 Å². The minimum absolute atomic E-state index is 0.00631. The summed E-state index contributed by atoms with van der Waals surface area (Å²) in [5, 5.41) is 5.64. The molecule has 3 heterocycles. The molecule has 16 nitrogen and oxygen atoms in total. The number of hydrogen-bond donors (Lipinski definition) is 4. The Kier molecular flexibility index (Phi) is 10.7. The molecule has 3 aliphatic rings. The molecule has 0 bridgehead atoms. The van der Waals surface area contributed by atoms with Crippen LogP contribution in [0.4, 0.5) is 20.2 Å². The van der Waals surface area contributed by atoms with Gasteiger partial charge in [0.2, 0.25) is 0 Å². The number of rotatable bonds is 7. The minimum atomic E-state index is -4.28. The van der Waals surface area contributed by atoms with Crippen LogP contribution >= 0.6 is 0 Å². The van der Waals surface area contributed by atoms with Crippen LogP contribution in [0.3, 0.4) is 0 Å². The Bertz CT molecular complexity index is 1600. The first-order chi connectivity index (χ1) is 22.7. The van der Waals surface area contributed by atoms with Crippen molar-refractivity contribution in [1.29, 1.82) is 0 Å². The van der Waals surface area contributed by atoms with E-state index in [9.17, 15) is 27.6 Å². The van der Waals surface area contributed by atoms with E-state index in [0.717, 1.165) is 0 Å². The number of ether oxygens (including phenoxy) is 2. The molecule has 0 radical (unpaired) electrons. The van der Waals surface area contributed by atoms with Crippen molar-refractivity contribution in [1.82, 2.24) is 34.5 Å². The molecule has 1 atom stereocenters. The average Bonchev–Trinajstić information content (AvgIpc) is 3.42. The number of carbonyl (C=O) groups excluding carboxylic acids is 4. The van der Waals surface area contributed by atoms with Crippen LogP contribution in [0.15, 0.2) is 36.7 Å². The van der Waals surface area contributed by atoms with Crippen LogP contribution in [0.25, 0.3) is 0 Å². The third kappa shape index (κ3) is 9.53. The maximum atomic E-state index is 13.1.